The molecule has 1 aromatic carbocycles. The first-order valence-corrected chi connectivity index (χ1v) is 7.57. The lowest BCUT2D eigenvalue weighted by Gasteiger charge is -2.28. The second-order valence-electron chi connectivity index (χ2n) is 5.86. The van der Waals surface area contributed by atoms with Crippen LogP contribution < -0.4 is 15.4 Å². The Morgan fingerprint density at radius 1 is 1.50 bits per heavy atom. The zero-order valence-electron chi connectivity index (χ0n) is 13.0. The van der Waals surface area contributed by atoms with Crippen LogP contribution in [0.3, 0.4) is 0 Å². The van der Waals surface area contributed by atoms with Crippen LogP contribution in [0.5, 0.6) is 5.75 Å². The van der Waals surface area contributed by atoms with Crippen molar-refractivity contribution in [3.63, 3.8) is 0 Å². The number of carbonyl (C=O) groups is 1. The van der Waals surface area contributed by atoms with Crippen molar-refractivity contribution in [1.29, 1.82) is 0 Å². The Kier molecular flexibility index (Phi) is 5.44. The Morgan fingerprint density at radius 3 is 2.86 bits per heavy atom. The van der Waals surface area contributed by atoms with Crippen molar-refractivity contribution < 1.29 is 14.6 Å². The summed E-state index contributed by atoms with van der Waals surface area (Å²) in [6.45, 7) is 6.24. The number of hydrogen-bond donors (Lipinski definition) is 3. The molecule has 1 saturated carbocycles. The SMILES string of the molecule is C=CCOc1ccccc1CNC(=O)NC(C)(CO)C1CC1. The van der Waals surface area contributed by atoms with E-state index >= 15 is 0 Å². The van der Waals surface area contributed by atoms with Crippen LogP contribution >= 0.6 is 0 Å². The normalized spacial score (nSPS) is 16.5. The molecule has 0 spiro atoms. The lowest BCUT2D eigenvalue weighted by Crippen LogP contribution is -2.53. The first-order valence-electron chi connectivity index (χ1n) is 7.57. The molecule has 0 aromatic heterocycles. The van der Waals surface area contributed by atoms with Crippen molar-refractivity contribution in [2.24, 2.45) is 5.92 Å². The van der Waals surface area contributed by atoms with Crippen LogP contribution in [0.25, 0.3) is 0 Å². The van der Waals surface area contributed by atoms with E-state index in [0.717, 1.165) is 24.2 Å². The lowest BCUT2D eigenvalue weighted by molar-refractivity contribution is 0.155. The number of para-hydroxylation sites is 1. The van der Waals surface area contributed by atoms with E-state index in [2.05, 4.69) is 17.2 Å². The van der Waals surface area contributed by atoms with Crippen molar-refractivity contribution in [3.8, 4) is 5.75 Å². The molecule has 1 aliphatic rings. The van der Waals surface area contributed by atoms with E-state index in [4.69, 9.17) is 4.74 Å². The molecular formula is C17H24N2O3. The smallest absolute Gasteiger partial charge is 0.315 e. The van der Waals surface area contributed by atoms with Crippen molar-refractivity contribution in [2.75, 3.05) is 13.2 Å². The molecule has 120 valence electrons. The minimum atomic E-state index is -0.539. The molecule has 5 nitrogen and oxygen atoms in total. The number of hydrogen-bond acceptors (Lipinski definition) is 3. The zero-order valence-corrected chi connectivity index (χ0v) is 13.0. The summed E-state index contributed by atoms with van der Waals surface area (Å²) in [6, 6.07) is 7.28. The number of aliphatic hydroxyl groups is 1. The molecule has 1 aromatic rings. The fraction of sp³-hybridized carbons (Fsp3) is 0.471. The van der Waals surface area contributed by atoms with Gasteiger partial charge in [-0.15, -0.1) is 0 Å². The van der Waals surface area contributed by atoms with Gasteiger partial charge in [-0.1, -0.05) is 30.9 Å². The average Bonchev–Trinajstić information content (AvgIpc) is 3.37. The number of ether oxygens (including phenoxy) is 1. The molecule has 1 unspecified atom stereocenters. The highest BCUT2D eigenvalue weighted by Crippen LogP contribution is 2.39. The maximum Gasteiger partial charge on any atom is 0.315 e. The third-order valence-electron chi connectivity index (χ3n) is 3.97. The van der Waals surface area contributed by atoms with Crippen molar-refractivity contribution in [1.82, 2.24) is 10.6 Å². The second kappa shape index (κ2) is 7.31. The molecule has 22 heavy (non-hydrogen) atoms. The number of benzene rings is 1. The summed E-state index contributed by atoms with van der Waals surface area (Å²) in [5, 5.41) is 15.2. The van der Waals surface area contributed by atoms with Crippen LogP contribution in [0, 0.1) is 5.92 Å². The minimum absolute atomic E-state index is 0.0515. The van der Waals surface area contributed by atoms with Gasteiger partial charge in [0.1, 0.15) is 12.4 Å². The maximum absolute atomic E-state index is 12.1. The number of urea groups is 1. The Morgan fingerprint density at radius 2 is 2.23 bits per heavy atom. The highest BCUT2D eigenvalue weighted by molar-refractivity contribution is 5.75. The lowest BCUT2D eigenvalue weighted by atomic mass is 9.97. The van der Waals surface area contributed by atoms with E-state index < -0.39 is 5.54 Å². The van der Waals surface area contributed by atoms with Crippen molar-refractivity contribution >= 4 is 6.03 Å². The van der Waals surface area contributed by atoms with Crippen LogP contribution in [-0.2, 0) is 6.54 Å². The predicted molar refractivity (Wildman–Crippen MR) is 85.7 cm³/mol. The van der Waals surface area contributed by atoms with Gasteiger partial charge in [0.2, 0.25) is 0 Å². The average molecular weight is 304 g/mol. The van der Waals surface area contributed by atoms with Gasteiger partial charge >= 0.3 is 6.03 Å². The van der Waals surface area contributed by atoms with Crippen LogP contribution in [0.2, 0.25) is 0 Å². The van der Waals surface area contributed by atoms with E-state index in [-0.39, 0.29) is 12.6 Å². The Labute approximate surface area is 131 Å². The molecule has 1 aliphatic carbocycles. The third kappa shape index (κ3) is 4.24. The van der Waals surface area contributed by atoms with Crippen molar-refractivity contribution in [3.05, 3.63) is 42.5 Å². The summed E-state index contributed by atoms with van der Waals surface area (Å²) in [7, 11) is 0. The first kappa shape index (κ1) is 16.4. The van der Waals surface area contributed by atoms with Gasteiger partial charge in [0.05, 0.1) is 12.1 Å². The Bertz CT molecular complexity index is 528. The van der Waals surface area contributed by atoms with Crippen LogP contribution in [-0.4, -0.2) is 29.9 Å². The number of carbonyl (C=O) groups excluding carboxylic acids is 1. The molecule has 0 bridgehead atoms. The van der Waals surface area contributed by atoms with E-state index in [1.165, 1.54) is 0 Å². The molecule has 3 N–H and O–H groups in total. The van der Waals surface area contributed by atoms with Gasteiger partial charge < -0.3 is 20.5 Å². The second-order valence-corrected chi connectivity index (χ2v) is 5.86. The summed E-state index contributed by atoms with van der Waals surface area (Å²) in [5.41, 5.74) is 0.361. The van der Waals surface area contributed by atoms with Crippen LogP contribution in [0.4, 0.5) is 4.79 Å². The Hall–Kier alpha value is -2.01. The van der Waals surface area contributed by atoms with Gasteiger partial charge in [-0.25, -0.2) is 4.79 Å². The van der Waals surface area contributed by atoms with E-state index in [1.54, 1.807) is 6.08 Å². The van der Waals surface area contributed by atoms with Gasteiger partial charge in [-0.2, -0.15) is 0 Å². The topological polar surface area (TPSA) is 70.6 Å². The predicted octanol–water partition coefficient (Wildman–Crippen LogP) is 2.21. The van der Waals surface area contributed by atoms with Gasteiger partial charge in [-0.3, -0.25) is 0 Å². The number of rotatable bonds is 8. The summed E-state index contributed by atoms with van der Waals surface area (Å²) in [6.07, 6.45) is 3.78. The first-order chi connectivity index (χ1) is 10.6. The van der Waals surface area contributed by atoms with Crippen LogP contribution in [0.15, 0.2) is 36.9 Å². The van der Waals surface area contributed by atoms with Gasteiger partial charge in [-0.05, 0) is 31.7 Å². The molecule has 5 heteroatoms. The molecule has 0 saturated heterocycles. The zero-order chi connectivity index (χ0) is 16.0. The summed E-state index contributed by atoms with van der Waals surface area (Å²) in [4.78, 5) is 12.1. The summed E-state index contributed by atoms with van der Waals surface area (Å²) < 4.78 is 5.56. The largest absolute Gasteiger partial charge is 0.489 e. The summed E-state index contributed by atoms with van der Waals surface area (Å²) in [5.74, 6) is 1.10. The Balaban J connectivity index is 1.89. The fourth-order valence-electron chi connectivity index (χ4n) is 2.41. The molecule has 2 amide bonds. The number of nitrogens with one attached hydrogen (secondary N) is 2. The van der Waals surface area contributed by atoms with Gasteiger partial charge in [0, 0.05) is 12.1 Å². The molecule has 1 fully saturated rings. The molecular weight excluding hydrogens is 280 g/mol. The summed E-state index contributed by atoms with van der Waals surface area (Å²) >= 11 is 0. The molecule has 0 aliphatic heterocycles. The van der Waals surface area contributed by atoms with Crippen LogP contribution in [0.1, 0.15) is 25.3 Å². The van der Waals surface area contributed by atoms with Gasteiger partial charge in [0.25, 0.3) is 0 Å². The highest BCUT2D eigenvalue weighted by atomic mass is 16.5. The maximum atomic E-state index is 12.1. The molecule has 1 atom stereocenters. The number of amides is 2. The fourth-order valence-corrected chi connectivity index (χ4v) is 2.41. The van der Waals surface area contributed by atoms with E-state index in [9.17, 15) is 9.90 Å². The van der Waals surface area contributed by atoms with Crippen molar-refractivity contribution in [2.45, 2.75) is 31.8 Å². The van der Waals surface area contributed by atoms with E-state index in [1.807, 2.05) is 31.2 Å². The highest BCUT2D eigenvalue weighted by Gasteiger charge is 2.42. The standard InChI is InChI=1S/C17H24N2O3/c1-3-10-22-15-7-5-4-6-13(15)11-18-16(21)19-17(2,12-20)14-8-9-14/h3-7,14,20H,1,8-12H2,2H3,(H2,18,19,21). The quantitative estimate of drug-likeness (QED) is 0.645. The third-order valence-corrected chi connectivity index (χ3v) is 3.97. The molecule has 2 rings (SSSR count). The van der Waals surface area contributed by atoms with Gasteiger partial charge in [0.15, 0.2) is 0 Å². The number of aliphatic hydroxyl groups excluding tert-OH is 1. The minimum Gasteiger partial charge on any atom is -0.489 e. The molecule has 0 radical (unpaired) electrons. The molecule has 0 heterocycles. The van der Waals surface area contributed by atoms with E-state index in [0.29, 0.717) is 19.1 Å². The monoisotopic (exact) mass is 304 g/mol.